The van der Waals surface area contributed by atoms with Gasteiger partial charge in [-0.15, -0.1) is 0 Å². The van der Waals surface area contributed by atoms with Crippen LogP contribution in [0.15, 0.2) is 60.7 Å². The van der Waals surface area contributed by atoms with Crippen molar-refractivity contribution in [3.8, 4) is 0 Å². The molecule has 4 heteroatoms. The Kier molecular flexibility index (Phi) is 6.82. The summed E-state index contributed by atoms with van der Waals surface area (Å²) in [5.74, 6) is -0.0536. The van der Waals surface area contributed by atoms with Crippen LogP contribution >= 0.6 is 0 Å². The normalized spacial score (nSPS) is 13.1. The molecule has 0 unspecified atom stereocenters. The second kappa shape index (κ2) is 9.08. The molecule has 2 aromatic carbocycles. The van der Waals surface area contributed by atoms with E-state index in [2.05, 4.69) is 5.32 Å². The van der Waals surface area contributed by atoms with Gasteiger partial charge in [0.15, 0.2) is 0 Å². The Balaban J connectivity index is 2.07. The zero-order valence-corrected chi connectivity index (χ0v) is 14.4. The molecule has 0 saturated carbocycles. The van der Waals surface area contributed by atoms with Gasteiger partial charge in [0.1, 0.15) is 0 Å². The number of carbonyl (C=O) groups excluding carboxylic acids is 1. The van der Waals surface area contributed by atoms with Crippen molar-refractivity contribution < 1.29 is 9.90 Å². The summed E-state index contributed by atoms with van der Waals surface area (Å²) in [6.07, 6.45) is 0.771. The van der Waals surface area contributed by atoms with Gasteiger partial charge in [0.2, 0.25) is 5.91 Å². The molecule has 0 saturated heterocycles. The summed E-state index contributed by atoms with van der Waals surface area (Å²) in [6.45, 7) is 4.23. The third-order valence-electron chi connectivity index (χ3n) is 4.20. The van der Waals surface area contributed by atoms with E-state index in [0.717, 1.165) is 17.7 Å². The minimum atomic E-state index is -0.0785. The van der Waals surface area contributed by atoms with E-state index in [4.69, 9.17) is 0 Å². The summed E-state index contributed by atoms with van der Waals surface area (Å²) in [5.41, 5.74) is 2.02. The molecule has 1 amide bonds. The molecule has 0 aromatic heterocycles. The monoisotopic (exact) mass is 326 g/mol. The van der Waals surface area contributed by atoms with Crippen molar-refractivity contribution in [2.24, 2.45) is 0 Å². The molecule has 2 aromatic rings. The minimum absolute atomic E-state index is 0.0207. The first-order valence-corrected chi connectivity index (χ1v) is 8.42. The molecular weight excluding hydrogens is 300 g/mol. The van der Waals surface area contributed by atoms with Gasteiger partial charge in [-0.1, -0.05) is 55.5 Å². The zero-order valence-electron chi connectivity index (χ0n) is 14.4. The number of anilines is 1. The van der Waals surface area contributed by atoms with Gasteiger partial charge in [-0.2, -0.15) is 0 Å². The highest BCUT2D eigenvalue weighted by molar-refractivity contribution is 5.82. The number of hydrogen-bond acceptors (Lipinski definition) is 3. The van der Waals surface area contributed by atoms with Gasteiger partial charge in [-0.3, -0.25) is 4.79 Å². The number of aliphatic hydroxyl groups is 1. The molecule has 0 aliphatic rings. The van der Waals surface area contributed by atoms with Gasteiger partial charge in [-0.25, -0.2) is 0 Å². The van der Waals surface area contributed by atoms with Gasteiger partial charge in [0.25, 0.3) is 0 Å². The maximum Gasteiger partial charge on any atom is 0.240 e. The first kappa shape index (κ1) is 18.0. The standard InChI is InChI=1S/C20H26N2O2/c1-3-18(15-23)22(19-12-8-5-9-13-19)14-20(24)21-16(2)17-10-6-4-7-11-17/h4-13,16,18,23H,3,14-15H2,1-2H3,(H,21,24)/t16-,18-/m1/s1. The van der Waals surface area contributed by atoms with Crippen LogP contribution in [0.3, 0.4) is 0 Å². The maximum atomic E-state index is 12.5. The molecule has 0 aliphatic carbocycles. The van der Waals surface area contributed by atoms with Gasteiger partial charge in [0, 0.05) is 5.69 Å². The van der Waals surface area contributed by atoms with Crippen LogP contribution in [0.25, 0.3) is 0 Å². The number of para-hydroxylation sites is 1. The number of amides is 1. The van der Waals surface area contributed by atoms with Gasteiger partial charge in [0.05, 0.1) is 25.2 Å². The fraction of sp³-hybridized carbons (Fsp3) is 0.350. The smallest absolute Gasteiger partial charge is 0.240 e. The number of carbonyl (C=O) groups is 1. The van der Waals surface area contributed by atoms with Crippen LogP contribution in [0.2, 0.25) is 0 Å². The Morgan fingerprint density at radius 2 is 1.67 bits per heavy atom. The third-order valence-corrected chi connectivity index (χ3v) is 4.20. The number of nitrogens with zero attached hydrogens (tertiary/aromatic N) is 1. The van der Waals surface area contributed by atoms with Crippen LogP contribution in [0.1, 0.15) is 31.9 Å². The lowest BCUT2D eigenvalue weighted by molar-refractivity contribution is -0.120. The second-order valence-electron chi connectivity index (χ2n) is 5.91. The number of benzene rings is 2. The zero-order chi connectivity index (χ0) is 17.4. The van der Waals surface area contributed by atoms with Gasteiger partial charge < -0.3 is 15.3 Å². The summed E-state index contributed by atoms with van der Waals surface area (Å²) < 4.78 is 0. The minimum Gasteiger partial charge on any atom is -0.394 e. The van der Waals surface area contributed by atoms with Crippen LogP contribution in [-0.2, 0) is 4.79 Å². The van der Waals surface area contributed by atoms with Crippen LogP contribution in [0.4, 0.5) is 5.69 Å². The fourth-order valence-corrected chi connectivity index (χ4v) is 2.77. The van der Waals surface area contributed by atoms with Crippen LogP contribution in [0, 0.1) is 0 Å². The maximum absolute atomic E-state index is 12.5. The largest absolute Gasteiger partial charge is 0.394 e. The van der Waals surface area contributed by atoms with Crippen LogP contribution < -0.4 is 10.2 Å². The van der Waals surface area contributed by atoms with Crippen molar-refractivity contribution in [1.82, 2.24) is 5.32 Å². The molecule has 128 valence electrons. The number of nitrogens with one attached hydrogen (secondary N) is 1. The summed E-state index contributed by atoms with van der Waals surface area (Å²) in [4.78, 5) is 14.5. The quantitative estimate of drug-likeness (QED) is 0.783. The number of rotatable bonds is 8. The Morgan fingerprint density at radius 3 is 2.21 bits per heavy atom. The second-order valence-corrected chi connectivity index (χ2v) is 5.91. The molecule has 2 N–H and O–H groups in total. The molecule has 0 aliphatic heterocycles. The van der Waals surface area contributed by atoms with E-state index in [1.807, 2.05) is 79.4 Å². The molecule has 2 atom stereocenters. The predicted octanol–water partition coefficient (Wildman–Crippen LogP) is 3.14. The van der Waals surface area contributed by atoms with E-state index in [0.29, 0.717) is 0 Å². The summed E-state index contributed by atoms with van der Waals surface area (Å²) in [6, 6.07) is 19.5. The molecule has 0 heterocycles. The van der Waals surface area contributed by atoms with Crippen molar-refractivity contribution in [2.75, 3.05) is 18.1 Å². The molecule has 4 nitrogen and oxygen atoms in total. The van der Waals surface area contributed by atoms with E-state index >= 15 is 0 Å². The first-order valence-electron chi connectivity index (χ1n) is 8.42. The molecular formula is C20H26N2O2. The molecule has 0 spiro atoms. The molecule has 24 heavy (non-hydrogen) atoms. The average Bonchev–Trinajstić information content (AvgIpc) is 2.63. The molecule has 0 fully saturated rings. The summed E-state index contributed by atoms with van der Waals surface area (Å²) in [5, 5.41) is 12.7. The topological polar surface area (TPSA) is 52.6 Å². The lowest BCUT2D eigenvalue weighted by Crippen LogP contribution is -2.45. The third kappa shape index (κ3) is 4.83. The Morgan fingerprint density at radius 1 is 1.08 bits per heavy atom. The summed E-state index contributed by atoms with van der Waals surface area (Å²) in [7, 11) is 0. The van der Waals surface area contributed by atoms with E-state index in [-0.39, 0.29) is 31.1 Å². The van der Waals surface area contributed by atoms with Crippen molar-refractivity contribution in [3.05, 3.63) is 66.2 Å². The average molecular weight is 326 g/mol. The van der Waals surface area contributed by atoms with Crippen molar-refractivity contribution in [3.63, 3.8) is 0 Å². The van der Waals surface area contributed by atoms with Crippen LogP contribution in [0.5, 0.6) is 0 Å². The SMILES string of the molecule is CC[C@H](CO)N(CC(=O)N[C@H](C)c1ccccc1)c1ccccc1. The van der Waals surface area contributed by atoms with Crippen LogP contribution in [-0.4, -0.2) is 30.2 Å². The van der Waals surface area contributed by atoms with Crippen molar-refractivity contribution in [1.29, 1.82) is 0 Å². The molecule has 0 bridgehead atoms. The Bertz CT molecular complexity index is 612. The van der Waals surface area contributed by atoms with E-state index in [1.54, 1.807) is 0 Å². The Hall–Kier alpha value is -2.33. The number of hydrogen-bond donors (Lipinski definition) is 2. The molecule has 2 rings (SSSR count). The van der Waals surface area contributed by atoms with Crippen molar-refractivity contribution in [2.45, 2.75) is 32.4 Å². The van der Waals surface area contributed by atoms with Crippen molar-refractivity contribution >= 4 is 11.6 Å². The fourth-order valence-electron chi connectivity index (χ4n) is 2.77. The first-order chi connectivity index (χ1) is 11.7. The summed E-state index contributed by atoms with van der Waals surface area (Å²) >= 11 is 0. The number of aliphatic hydroxyl groups excluding tert-OH is 1. The van der Waals surface area contributed by atoms with Gasteiger partial charge in [-0.05, 0) is 31.0 Å². The highest BCUT2D eigenvalue weighted by Crippen LogP contribution is 2.18. The Labute approximate surface area is 144 Å². The van der Waals surface area contributed by atoms with E-state index < -0.39 is 0 Å². The lowest BCUT2D eigenvalue weighted by atomic mass is 10.1. The predicted molar refractivity (Wildman–Crippen MR) is 98.0 cm³/mol. The van der Waals surface area contributed by atoms with E-state index in [1.165, 1.54) is 0 Å². The highest BCUT2D eigenvalue weighted by Gasteiger charge is 2.20. The molecule has 0 radical (unpaired) electrons. The van der Waals surface area contributed by atoms with E-state index in [9.17, 15) is 9.90 Å². The highest BCUT2D eigenvalue weighted by atomic mass is 16.3. The lowest BCUT2D eigenvalue weighted by Gasteiger charge is -2.32. The van der Waals surface area contributed by atoms with Gasteiger partial charge >= 0.3 is 0 Å².